The third-order valence-corrected chi connectivity index (χ3v) is 0. The molecule has 0 fully saturated rings. The summed E-state index contributed by atoms with van der Waals surface area (Å²) in [5.74, 6) is 0. The van der Waals surface area contributed by atoms with Crippen molar-refractivity contribution < 1.29 is 19.5 Å². The Morgan fingerprint density at radius 3 is 0.684 bits per heavy atom. The Morgan fingerprint density at radius 2 is 0.684 bits per heavy atom. The van der Waals surface area contributed by atoms with E-state index >= 15 is 0 Å². The quantitative estimate of drug-likeness (QED) is 0.376. The van der Waals surface area contributed by atoms with Crippen LogP contribution in [0, 0.1) is 36.5 Å². The summed E-state index contributed by atoms with van der Waals surface area (Å²) in [4.78, 5) is 0. The normalized spacial score (nSPS) is 3.47. The first kappa shape index (κ1) is 43.5. The van der Waals surface area contributed by atoms with Gasteiger partial charge in [-0.1, -0.05) is 27.7 Å². The SMILES string of the molecule is CC=[N-].CC=[N-].CC=[N-].CC=[N-].[CH2-]C#N.[CH2-]C#N.[Ru+6]. The number of hydrogen-bond donors (Lipinski definition) is 0. The first-order chi connectivity index (χ1) is 8.49. The molecule has 0 radical (unpaired) electrons. The molecule has 0 saturated carbocycles. The third-order valence-electron chi connectivity index (χ3n) is 0. The van der Waals surface area contributed by atoms with Crippen LogP contribution in [0.25, 0.3) is 21.6 Å². The zero-order chi connectivity index (χ0) is 16.2. The molecular weight excluding hydrogens is 329 g/mol. The molecule has 0 aliphatic carbocycles. The average Bonchev–Trinajstić information content (AvgIpc) is 2.23. The van der Waals surface area contributed by atoms with Gasteiger partial charge in [-0.25, -0.2) is 35.4 Å². The van der Waals surface area contributed by atoms with Gasteiger partial charge >= 0.3 is 19.5 Å². The van der Waals surface area contributed by atoms with Crippen LogP contribution in [0.4, 0.5) is 0 Å². The summed E-state index contributed by atoms with van der Waals surface area (Å²) in [6.45, 7) is 11.8. The molecule has 0 N–H and O–H groups in total. The molecule has 0 heterocycles. The van der Waals surface area contributed by atoms with E-state index in [4.69, 9.17) is 32.2 Å². The van der Waals surface area contributed by atoms with Crippen molar-refractivity contribution in [3.63, 3.8) is 0 Å². The second-order valence-electron chi connectivity index (χ2n) is 1.35. The largest absolute Gasteiger partial charge is 6.00 e. The summed E-state index contributed by atoms with van der Waals surface area (Å²) in [7, 11) is 0. The van der Waals surface area contributed by atoms with Crippen LogP contribution < -0.4 is 0 Å². The molecule has 19 heavy (non-hydrogen) atoms. The first-order valence-corrected chi connectivity index (χ1v) is 4.50. The van der Waals surface area contributed by atoms with E-state index < -0.39 is 0 Å². The van der Waals surface area contributed by atoms with Crippen LogP contribution in [0.1, 0.15) is 27.7 Å². The molecule has 106 valence electrons. The average molecular weight is 349 g/mol. The Bertz CT molecular complexity index is 179. The van der Waals surface area contributed by atoms with Crippen LogP contribution >= 0.6 is 0 Å². The van der Waals surface area contributed by atoms with Crippen LogP contribution in [0.5, 0.6) is 0 Å². The molecule has 0 aliphatic heterocycles. The second kappa shape index (κ2) is 223. The van der Waals surface area contributed by atoms with Crippen molar-refractivity contribution in [3.8, 4) is 12.1 Å². The van der Waals surface area contributed by atoms with E-state index in [1.807, 2.05) is 0 Å². The Morgan fingerprint density at radius 1 is 0.684 bits per heavy atom. The van der Waals surface area contributed by atoms with Crippen molar-refractivity contribution in [2.45, 2.75) is 27.7 Å². The molecule has 0 aromatic heterocycles. The minimum atomic E-state index is 0. The van der Waals surface area contributed by atoms with Crippen LogP contribution in [-0.4, -0.2) is 24.9 Å². The maximum atomic E-state index is 7.44. The van der Waals surface area contributed by atoms with E-state index in [1.165, 1.54) is 12.1 Å². The molecule has 0 unspecified atom stereocenters. The van der Waals surface area contributed by atoms with Crippen molar-refractivity contribution >= 4 is 24.9 Å². The molecule has 0 bridgehead atoms. The minimum Gasteiger partial charge on any atom is -0.814 e. The smallest absolute Gasteiger partial charge is 0.814 e. The standard InChI is InChI=1S/4C2H4N.2C2H2N.Ru/c6*1-2-3;/h4*2H,1H3;2*1H2;/q6*-1;+6. The maximum Gasteiger partial charge on any atom is 6.00 e. The summed E-state index contributed by atoms with van der Waals surface area (Å²) < 4.78 is 0. The van der Waals surface area contributed by atoms with Gasteiger partial charge in [-0.05, 0) is 0 Å². The summed E-state index contributed by atoms with van der Waals surface area (Å²) in [5.41, 5.74) is 0. The van der Waals surface area contributed by atoms with Gasteiger partial charge in [-0.3, -0.25) is 0 Å². The molecule has 0 saturated heterocycles. The monoisotopic (exact) mass is 350 g/mol. The van der Waals surface area contributed by atoms with Gasteiger partial charge < -0.3 is 35.5 Å². The molecule has 0 aromatic rings. The predicted octanol–water partition coefficient (Wildman–Crippen LogP) is 3.27. The summed E-state index contributed by atoms with van der Waals surface area (Å²) >= 11 is 0. The van der Waals surface area contributed by atoms with Gasteiger partial charge in [0.2, 0.25) is 0 Å². The van der Waals surface area contributed by atoms with Crippen LogP contribution in [0.15, 0.2) is 0 Å². The van der Waals surface area contributed by atoms with E-state index in [0.29, 0.717) is 0 Å². The maximum absolute atomic E-state index is 7.44. The van der Waals surface area contributed by atoms with Gasteiger partial charge in [-0.2, -0.15) is 0 Å². The zero-order valence-corrected chi connectivity index (χ0v) is 13.5. The first-order valence-electron chi connectivity index (χ1n) is 4.50. The minimum absolute atomic E-state index is 0. The van der Waals surface area contributed by atoms with E-state index in [0.717, 1.165) is 24.9 Å². The molecule has 0 spiro atoms. The Labute approximate surface area is 130 Å². The Balaban J connectivity index is -0.0000000180. The summed E-state index contributed by atoms with van der Waals surface area (Å²) in [6, 6.07) is 3.00. The fourth-order valence-corrected chi connectivity index (χ4v) is 0. The van der Waals surface area contributed by atoms with Crippen LogP contribution in [0.3, 0.4) is 0 Å². The van der Waals surface area contributed by atoms with Gasteiger partial charge in [0.25, 0.3) is 0 Å². The van der Waals surface area contributed by atoms with Gasteiger partial charge in [0, 0.05) is 0 Å². The number of nitrogens with zero attached hydrogens (tertiary/aromatic N) is 6. The number of rotatable bonds is 0. The van der Waals surface area contributed by atoms with E-state index in [1.54, 1.807) is 27.7 Å². The predicted molar refractivity (Wildman–Crippen MR) is 82.3 cm³/mol. The molecular formula is C12H20N6Ru. The number of nitriles is 2. The topological polar surface area (TPSA) is 137 Å². The molecule has 0 atom stereocenters. The van der Waals surface area contributed by atoms with Crippen LogP contribution in [-0.2, 0) is 19.5 Å². The van der Waals surface area contributed by atoms with Crippen molar-refractivity contribution in [3.05, 3.63) is 35.5 Å². The fourth-order valence-electron chi connectivity index (χ4n) is 0. The summed E-state index contributed by atoms with van der Waals surface area (Å²) in [6.07, 6.45) is 4.00. The molecule has 0 aromatic carbocycles. The zero-order valence-electron chi connectivity index (χ0n) is 11.8. The fraction of sp³-hybridized carbons (Fsp3) is 0.333. The molecule has 7 heteroatoms. The van der Waals surface area contributed by atoms with E-state index in [9.17, 15) is 0 Å². The van der Waals surface area contributed by atoms with Crippen molar-refractivity contribution in [1.82, 2.24) is 0 Å². The molecule has 0 amide bonds. The van der Waals surface area contributed by atoms with Gasteiger partial charge in [0.15, 0.2) is 0 Å². The van der Waals surface area contributed by atoms with Gasteiger partial charge in [-0.15, -0.1) is 12.1 Å². The van der Waals surface area contributed by atoms with Crippen LogP contribution in [0.2, 0.25) is 0 Å². The summed E-state index contributed by atoms with van der Waals surface area (Å²) in [5, 5.41) is 44.2. The Kier molecular flexibility index (Phi) is 512. The van der Waals surface area contributed by atoms with Gasteiger partial charge in [0.1, 0.15) is 0 Å². The van der Waals surface area contributed by atoms with Crippen molar-refractivity contribution in [2.75, 3.05) is 0 Å². The molecule has 0 aliphatic rings. The second-order valence-corrected chi connectivity index (χ2v) is 1.35. The molecule has 0 rings (SSSR count). The van der Waals surface area contributed by atoms with E-state index in [-0.39, 0.29) is 19.5 Å². The number of hydrogen-bond acceptors (Lipinski definition) is 2. The molecule has 6 nitrogen and oxygen atoms in total. The third kappa shape index (κ3) is 807. The van der Waals surface area contributed by atoms with Gasteiger partial charge in [0.05, 0.1) is 0 Å². The van der Waals surface area contributed by atoms with Crippen molar-refractivity contribution in [1.29, 1.82) is 10.5 Å². The van der Waals surface area contributed by atoms with E-state index in [2.05, 4.69) is 13.8 Å². The Hall–Kier alpha value is -1.98. The van der Waals surface area contributed by atoms with Crippen molar-refractivity contribution in [2.24, 2.45) is 0 Å².